The lowest BCUT2D eigenvalue weighted by atomic mass is 10.6. The van der Waals surface area contributed by atoms with Crippen LogP contribution in [-0.2, 0) is 11.0 Å². The lowest BCUT2D eigenvalue weighted by Crippen LogP contribution is -2.06. The Balaban J connectivity index is 2.82. The van der Waals surface area contributed by atoms with Crippen molar-refractivity contribution >= 4 is 22.1 Å². The first kappa shape index (κ1) is 7.32. The van der Waals surface area contributed by atoms with Gasteiger partial charge in [-0.25, -0.2) is 24.3 Å². The lowest BCUT2D eigenvalue weighted by Gasteiger charge is -1.93. The van der Waals surface area contributed by atoms with Crippen molar-refractivity contribution in [3.05, 3.63) is 12.7 Å². The molecule has 0 aliphatic rings. The first-order chi connectivity index (χ1) is 5.79. The first-order valence-electron chi connectivity index (χ1n) is 3.09. The van der Waals surface area contributed by atoms with Crippen molar-refractivity contribution in [3.63, 3.8) is 0 Å². The standard InChI is InChI=1S/C5H5N5OS/c6-12(11)5-3-4(8-1-7-3)9-2-10-5/h1-2H,6H2,(H,7,8,9,10). The molecule has 0 saturated carbocycles. The molecule has 0 amide bonds. The molecule has 2 rings (SSSR count). The minimum Gasteiger partial charge on any atom is -0.341 e. The molecule has 12 heavy (non-hydrogen) atoms. The Hall–Kier alpha value is -1.34. The van der Waals surface area contributed by atoms with Crippen LogP contribution in [0.5, 0.6) is 0 Å². The van der Waals surface area contributed by atoms with Gasteiger partial charge in [0.1, 0.15) is 22.8 Å². The van der Waals surface area contributed by atoms with Crippen LogP contribution in [0.15, 0.2) is 17.7 Å². The molecule has 2 heterocycles. The van der Waals surface area contributed by atoms with Crippen molar-refractivity contribution in [2.75, 3.05) is 0 Å². The Morgan fingerprint density at radius 1 is 1.42 bits per heavy atom. The number of rotatable bonds is 1. The fourth-order valence-corrected chi connectivity index (χ4v) is 1.40. The third-order valence-electron chi connectivity index (χ3n) is 1.38. The molecule has 0 bridgehead atoms. The Morgan fingerprint density at radius 3 is 3.00 bits per heavy atom. The second kappa shape index (κ2) is 2.61. The molecule has 0 aliphatic carbocycles. The van der Waals surface area contributed by atoms with E-state index in [4.69, 9.17) is 5.14 Å². The summed E-state index contributed by atoms with van der Waals surface area (Å²) in [6.07, 6.45) is 2.74. The van der Waals surface area contributed by atoms with Gasteiger partial charge in [-0.15, -0.1) is 0 Å². The zero-order valence-electron chi connectivity index (χ0n) is 5.89. The second-order valence-corrected chi connectivity index (χ2v) is 3.06. The predicted octanol–water partition coefficient (Wildman–Crippen LogP) is -0.666. The number of fused-ring (bicyclic) bond motifs is 1. The average Bonchev–Trinajstić information content (AvgIpc) is 2.49. The van der Waals surface area contributed by atoms with E-state index in [0.717, 1.165) is 0 Å². The van der Waals surface area contributed by atoms with E-state index in [0.29, 0.717) is 11.2 Å². The molecule has 62 valence electrons. The van der Waals surface area contributed by atoms with Gasteiger partial charge in [-0.3, -0.25) is 0 Å². The highest BCUT2D eigenvalue weighted by molar-refractivity contribution is 7.82. The zero-order chi connectivity index (χ0) is 8.55. The molecular formula is C5H5N5OS. The highest BCUT2D eigenvalue weighted by atomic mass is 32.2. The molecule has 0 aliphatic heterocycles. The number of nitrogens with two attached hydrogens (primary N) is 1. The minimum atomic E-state index is -1.60. The van der Waals surface area contributed by atoms with E-state index >= 15 is 0 Å². The Kier molecular flexibility index (Phi) is 1.59. The van der Waals surface area contributed by atoms with E-state index < -0.39 is 11.0 Å². The molecule has 1 atom stereocenters. The van der Waals surface area contributed by atoms with Gasteiger partial charge in [0.25, 0.3) is 0 Å². The van der Waals surface area contributed by atoms with Gasteiger partial charge in [0.2, 0.25) is 0 Å². The average molecular weight is 183 g/mol. The summed E-state index contributed by atoms with van der Waals surface area (Å²) in [5, 5.41) is 5.45. The molecule has 0 radical (unpaired) electrons. The highest BCUT2D eigenvalue weighted by Crippen LogP contribution is 2.10. The maximum absolute atomic E-state index is 10.9. The summed E-state index contributed by atoms with van der Waals surface area (Å²) in [7, 11) is -1.60. The topological polar surface area (TPSA) is 97.6 Å². The van der Waals surface area contributed by atoms with Crippen LogP contribution in [0.25, 0.3) is 11.2 Å². The molecular weight excluding hydrogens is 178 g/mol. The molecule has 1 unspecified atom stereocenters. The van der Waals surface area contributed by atoms with Gasteiger partial charge in [-0.05, 0) is 0 Å². The predicted molar refractivity (Wildman–Crippen MR) is 42.3 cm³/mol. The van der Waals surface area contributed by atoms with Gasteiger partial charge in [-0.2, -0.15) is 0 Å². The summed E-state index contributed by atoms with van der Waals surface area (Å²) in [6, 6.07) is 0. The Labute approximate surface area is 69.8 Å². The highest BCUT2D eigenvalue weighted by Gasteiger charge is 2.08. The summed E-state index contributed by atoms with van der Waals surface area (Å²) in [5.41, 5.74) is 0.997. The van der Waals surface area contributed by atoms with Crippen LogP contribution in [0.4, 0.5) is 0 Å². The number of aromatic amines is 1. The summed E-state index contributed by atoms with van der Waals surface area (Å²) in [5.74, 6) is 0. The van der Waals surface area contributed by atoms with Crippen molar-refractivity contribution in [1.29, 1.82) is 0 Å². The number of hydrogen-bond donors (Lipinski definition) is 2. The van der Waals surface area contributed by atoms with E-state index in [9.17, 15) is 4.21 Å². The van der Waals surface area contributed by atoms with Gasteiger partial charge in [0, 0.05) is 0 Å². The summed E-state index contributed by atoms with van der Waals surface area (Å²) >= 11 is 0. The molecule has 2 aromatic rings. The molecule has 3 N–H and O–H groups in total. The largest absolute Gasteiger partial charge is 0.341 e. The molecule has 2 aromatic heterocycles. The Bertz CT molecular complexity index is 438. The normalized spacial score (nSPS) is 13.4. The van der Waals surface area contributed by atoms with Crippen LogP contribution in [0.3, 0.4) is 0 Å². The summed E-state index contributed by atoms with van der Waals surface area (Å²) < 4.78 is 10.9. The molecule has 0 fully saturated rings. The van der Waals surface area contributed by atoms with E-state index in [2.05, 4.69) is 19.9 Å². The summed E-state index contributed by atoms with van der Waals surface area (Å²) in [4.78, 5) is 14.2. The van der Waals surface area contributed by atoms with Gasteiger partial charge in [-0.1, -0.05) is 0 Å². The van der Waals surface area contributed by atoms with Gasteiger partial charge in [0.15, 0.2) is 10.7 Å². The van der Waals surface area contributed by atoms with Crippen LogP contribution < -0.4 is 5.14 Å². The fourth-order valence-electron chi connectivity index (χ4n) is 0.895. The van der Waals surface area contributed by atoms with E-state index in [1.807, 2.05) is 0 Å². The van der Waals surface area contributed by atoms with Crippen molar-refractivity contribution in [2.24, 2.45) is 5.14 Å². The molecule has 0 spiro atoms. The number of aromatic nitrogens is 4. The van der Waals surface area contributed by atoms with Crippen molar-refractivity contribution in [2.45, 2.75) is 5.03 Å². The van der Waals surface area contributed by atoms with Gasteiger partial charge < -0.3 is 4.98 Å². The maximum atomic E-state index is 10.9. The van der Waals surface area contributed by atoms with Crippen LogP contribution in [0, 0.1) is 0 Å². The quantitative estimate of drug-likeness (QED) is 0.573. The number of hydrogen-bond acceptors (Lipinski definition) is 4. The third-order valence-corrected chi connectivity index (χ3v) is 2.07. The van der Waals surface area contributed by atoms with Gasteiger partial charge in [0.05, 0.1) is 6.33 Å². The van der Waals surface area contributed by atoms with Crippen LogP contribution in [0.2, 0.25) is 0 Å². The van der Waals surface area contributed by atoms with E-state index in [1.165, 1.54) is 12.7 Å². The fraction of sp³-hybridized carbons (Fsp3) is 0. The zero-order valence-corrected chi connectivity index (χ0v) is 6.71. The number of imidazole rings is 1. The molecule has 6 nitrogen and oxygen atoms in total. The molecule has 0 saturated heterocycles. The van der Waals surface area contributed by atoms with Crippen molar-refractivity contribution in [3.8, 4) is 0 Å². The maximum Gasteiger partial charge on any atom is 0.181 e. The van der Waals surface area contributed by atoms with Crippen molar-refractivity contribution in [1.82, 2.24) is 19.9 Å². The lowest BCUT2D eigenvalue weighted by molar-refractivity contribution is 0.682. The van der Waals surface area contributed by atoms with E-state index in [-0.39, 0.29) is 5.03 Å². The Morgan fingerprint density at radius 2 is 2.25 bits per heavy atom. The van der Waals surface area contributed by atoms with Gasteiger partial charge >= 0.3 is 0 Å². The van der Waals surface area contributed by atoms with Crippen LogP contribution >= 0.6 is 0 Å². The number of H-pyrrole nitrogens is 1. The first-order valence-corrected chi connectivity index (χ1v) is 4.30. The summed E-state index contributed by atoms with van der Waals surface area (Å²) in [6.45, 7) is 0. The molecule has 7 heteroatoms. The SMILES string of the molecule is NS(=O)c1ncnc2nc[nH]c12. The van der Waals surface area contributed by atoms with Crippen LogP contribution in [-0.4, -0.2) is 24.1 Å². The number of nitrogens with zero attached hydrogens (tertiary/aromatic N) is 3. The van der Waals surface area contributed by atoms with E-state index in [1.54, 1.807) is 0 Å². The number of nitrogens with one attached hydrogen (secondary N) is 1. The third kappa shape index (κ3) is 0.990. The monoisotopic (exact) mass is 183 g/mol. The van der Waals surface area contributed by atoms with Crippen molar-refractivity contribution < 1.29 is 4.21 Å². The minimum absolute atomic E-state index is 0.275. The second-order valence-electron chi connectivity index (χ2n) is 2.08. The van der Waals surface area contributed by atoms with Crippen LogP contribution in [0.1, 0.15) is 0 Å². The molecule has 0 aromatic carbocycles. The smallest absolute Gasteiger partial charge is 0.181 e.